The van der Waals surface area contributed by atoms with Crippen LogP contribution in [0.25, 0.3) is 10.9 Å². The van der Waals surface area contributed by atoms with Crippen molar-refractivity contribution in [3.63, 3.8) is 0 Å². The van der Waals surface area contributed by atoms with Gasteiger partial charge in [-0.3, -0.25) is 0 Å². The van der Waals surface area contributed by atoms with Gasteiger partial charge in [-0.05, 0) is 64.0 Å². The number of hydrogen-bond donors (Lipinski definition) is 0. The molecule has 0 saturated heterocycles. The first-order chi connectivity index (χ1) is 8.53. The summed E-state index contributed by atoms with van der Waals surface area (Å²) >= 11 is 0. The predicted molar refractivity (Wildman–Crippen MR) is 77.1 cm³/mol. The van der Waals surface area contributed by atoms with Crippen molar-refractivity contribution >= 4 is 10.9 Å². The maximum atomic E-state index is 2.43. The predicted octanol–water partition coefficient (Wildman–Crippen LogP) is 3.35. The van der Waals surface area contributed by atoms with Crippen LogP contribution in [0.1, 0.15) is 24.0 Å². The lowest BCUT2D eigenvalue weighted by atomic mass is 10.1. The SMILES string of the molecule is Cc1ccc2c(ccn2CC2(N(C)C)CC2)c1C. The number of fused-ring (bicyclic) bond motifs is 1. The Balaban J connectivity index is 2.02. The molecule has 1 heterocycles. The van der Waals surface area contributed by atoms with E-state index < -0.39 is 0 Å². The molecule has 1 aliphatic rings. The van der Waals surface area contributed by atoms with Gasteiger partial charge in [-0.2, -0.15) is 0 Å². The number of aryl methyl sites for hydroxylation is 2. The van der Waals surface area contributed by atoms with Crippen LogP contribution in [0.5, 0.6) is 0 Å². The fourth-order valence-corrected chi connectivity index (χ4v) is 2.87. The van der Waals surface area contributed by atoms with Crippen LogP contribution in [0.15, 0.2) is 24.4 Å². The number of hydrogen-bond acceptors (Lipinski definition) is 1. The molecule has 1 saturated carbocycles. The van der Waals surface area contributed by atoms with Crippen molar-refractivity contribution in [2.24, 2.45) is 0 Å². The second kappa shape index (κ2) is 3.86. The highest BCUT2D eigenvalue weighted by atomic mass is 15.2. The molecular formula is C16H22N2. The summed E-state index contributed by atoms with van der Waals surface area (Å²) in [7, 11) is 4.40. The van der Waals surface area contributed by atoms with Crippen LogP contribution in [0.4, 0.5) is 0 Å². The van der Waals surface area contributed by atoms with Gasteiger partial charge >= 0.3 is 0 Å². The molecule has 0 aliphatic heterocycles. The molecule has 0 bridgehead atoms. The van der Waals surface area contributed by atoms with Gasteiger partial charge in [0.2, 0.25) is 0 Å². The lowest BCUT2D eigenvalue weighted by Crippen LogP contribution is -2.34. The lowest BCUT2D eigenvalue weighted by Gasteiger charge is -2.24. The van der Waals surface area contributed by atoms with Gasteiger partial charge in [-0.1, -0.05) is 6.07 Å². The summed E-state index contributed by atoms with van der Waals surface area (Å²) < 4.78 is 2.43. The first-order valence-corrected chi connectivity index (χ1v) is 6.76. The molecule has 1 aromatic carbocycles. The van der Waals surface area contributed by atoms with Gasteiger partial charge < -0.3 is 9.47 Å². The van der Waals surface area contributed by atoms with E-state index in [9.17, 15) is 0 Å². The topological polar surface area (TPSA) is 8.17 Å². The minimum Gasteiger partial charge on any atom is -0.346 e. The molecule has 1 aromatic heterocycles. The summed E-state index contributed by atoms with van der Waals surface area (Å²) in [5, 5.41) is 1.41. The molecule has 0 spiro atoms. The number of benzene rings is 1. The van der Waals surface area contributed by atoms with Crippen LogP contribution in [-0.4, -0.2) is 29.1 Å². The summed E-state index contributed by atoms with van der Waals surface area (Å²) in [5.74, 6) is 0. The molecule has 96 valence electrons. The number of rotatable bonds is 3. The van der Waals surface area contributed by atoms with Crippen molar-refractivity contribution < 1.29 is 0 Å². The Labute approximate surface area is 109 Å². The minimum absolute atomic E-state index is 0.407. The standard InChI is InChI=1S/C16H22N2/c1-12-5-6-15-14(13(12)2)7-10-18(15)11-16(8-9-16)17(3)4/h5-7,10H,8-9,11H2,1-4H3. The third kappa shape index (κ3) is 1.67. The highest BCUT2D eigenvalue weighted by Crippen LogP contribution is 2.42. The van der Waals surface area contributed by atoms with Crippen molar-refractivity contribution in [3.05, 3.63) is 35.5 Å². The molecule has 18 heavy (non-hydrogen) atoms. The Morgan fingerprint density at radius 2 is 1.89 bits per heavy atom. The third-order valence-electron chi connectivity index (χ3n) is 4.73. The van der Waals surface area contributed by atoms with Crippen molar-refractivity contribution in [2.75, 3.05) is 14.1 Å². The molecule has 1 fully saturated rings. The van der Waals surface area contributed by atoms with Gasteiger partial charge in [0.25, 0.3) is 0 Å². The summed E-state index contributed by atoms with van der Waals surface area (Å²) in [6, 6.07) is 6.77. The average Bonchev–Trinajstić information content (AvgIpc) is 3.00. The molecule has 2 aromatic rings. The maximum Gasteiger partial charge on any atom is 0.0483 e. The highest BCUT2D eigenvalue weighted by Gasteiger charge is 2.45. The molecule has 0 amide bonds. The van der Waals surface area contributed by atoms with Crippen molar-refractivity contribution in [1.29, 1.82) is 0 Å². The molecule has 2 heteroatoms. The van der Waals surface area contributed by atoms with E-state index in [1.165, 1.54) is 34.9 Å². The molecule has 0 atom stereocenters. The van der Waals surface area contributed by atoms with E-state index in [4.69, 9.17) is 0 Å². The maximum absolute atomic E-state index is 2.43. The Kier molecular flexibility index (Phi) is 2.53. The number of nitrogens with zero attached hydrogens (tertiary/aromatic N) is 2. The van der Waals surface area contributed by atoms with Crippen molar-refractivity contribution in [1.82, 2.24) is 9.47 Å². The van der Waals surface area contributed by atoms with Crippen LogP contribution < -0.4 is 0 Å². The molecule has 1 aliphatic carbocycles. The van der Waals surface area contributed by atoms with Gasteiger partial charge in [-0.15, -0.1) is 0 Å². The number of likely N-dealkylation sites (N-methyl/N-ethyl adjacent to an activating group) is 1. The fraction of sp³-hybridized carbons (Fsp3) is 0.500. The van der Waals surface area contributed by atoms with Gasteiger partial charge in [0.05, 0.1) is 0 Å². The van der Waals surface area contributed by atoms with Gasteiger partial charge in [0, 0.05) is 29.2 Å². The van der Waals surface area contributed by atoms with Crippen LogP contribution in [-0.2, 0) is 6.54 Å². The molecular weight excluding hydrogens is 220 g/mol. The zero-order valence-electron chi connectivity index (χ0n) is 11.8. The van der Waals surface area contributed by atoms with E-state index in [1.807, 2.05) is 0 Å². The van der Waals surface area contributed by atoms with Crippen LogP contribution in [0.3, 0.4) is 0 Å². The normalized spacial score (nSPS) is 17.6. The van der Waals surface area contributed by atoms with Crippen molar-refractivity contribution in [3.8, 4) is 0 Å². The third-order valence-corrected chi connectivity index (χ3v) is 4.73. The van der Waals surface area contributed by atoms with Crippen molar-refractivity contribution in [2.45, 2.75) is 38.8 Å². The molecule has 0 N–H and O–H groups in total. The van der Waals surface area contributed by atoms with E-state index in [1.54, 1.807) is 0 Å². The summed E-state index contributed by atoms with van der Waals surface area (Å²) in [5.41, 5.74) is 4.59. The van der Waals surface area contributed by atoms with E-state index in [-0.39, 0.29) is 0 Å². The highest BCUT2D eigenvalue weighted by molar-refractivity contribution is 5.84. The first-order valence-electron chi connectivity index (χ1n) is 6.76. The van der Waals surface area contributed by atoms with E-state index in [0.29, 0.717) is 5.54 Å². The van der Waals surface area contributed by atoms with Crippen LogP contribution >= 0.6 is 0 Å². The zero-order chi connectivity index (χ0) is 12.9. The Hall–Kier alpha value is -1.28. The molecule has 2 nitrogen and oxygen atoms in total. The second-order valence-electron chi connectivity index (χ2n) is 6.00. The summed E-state index contributed by atoms with van der Waals surface area (Å²) in [4.78, 5) is 2.39. The van der Waals surface area contributed by atoms with Crippen LogP contribution in [0.2, 0.25) is 0 Å². The smallest absolute Gasteiger partial charge is 0.0483 e. The minimum atomic E-state index is 0.407. The van der Waals surface area contributed by atoms with Gasteiger partial charge in [-0.25, -0.2) is 0 Å². The quantitative estimate of drug-likeness (QED) is 0.801. The Morgan fingerprint density at radius 3 is 2.50 bits per heavy atom. The van der Waals surface area contributed by atoms with E-state index in [2.05, 4.69) is 61.8 Å². The summed E-state index contributed by atoms with van der Waals surface area (Å²) in [6.45, 7) is 5.53. The van der Waals surface area contributed by atoms with Gasteiger partial charge in [0.1, 0.15) is 0 Å². The Bertz CT molecular complexity index is 588. The lowest BCUT2D eigenvalue weighted by molar-refractivity contribution is 0.244. The average molecular weight is 242 g/mol. The zero-order valence-corrected chi connectivity index (χ0v) is 11.8. The summed E-state index contributed by atoms with van der Waals surface area (Å²) in [6.07, 6.45) is 4.90. The van der Waals surface area contributed by atoms with Gasteiger partial charge in [0.15, 0.2) is 0 Å². The number of aromatic nitrogens is 1. The largest absolute Gasteiger partial charge is 0.346 e. The van der Waals surface area contributed by atoms with E-state index in [0.717, 1.165) is 6.54 Å². The molecule has 0 unspecified atom stereocenters. The Morgan fingerprint density at radius 1 is 1.17 bits per heavy atom. The molecule has 0 radical (unpaired) electrons. The molecule has 3 rings (SSSR count). The monoisotopic (exact) mass is 242 g/mol. The first kappa shape index (κ1) is 11.8. The van der Waals surface area contributed by atoms with E-state index >= 15 is 0 Å². The fourth-order valence-electron chi connectivity index (χ4n) is 2.87. The van der Waals surface area contributed by atoms with Crippen LogP contribution in [0, 0.1) is 13.8 Å². The second-order valence-corrected chi connectivity index (χ2v) is 6.00.